The molecule has 1 heterocycles. The molecule has 17 heavy (non-hydrogen) atoms. The van der Waals surface area contributed by atoms with Crippen LogP contribution in [0.25, 0.3) is 0 Å². The maximum Gasteiger partial charge on any atom is 0.0556 e. The molecular weight excluding hydrogens is 210 g/mol. The van der Waals surface area contributed by atoms with Gasteiger partial charge in [-0.25, -0.2) is 0 Å². The van der Waals surface area contributed by atoms with Crippen molar-refractivity contribution < 1.29 is 0 Å². The maximum absolute atomic E-state index is 4.46. The van der Waals surface area contributed by atoms with Gasteiger partial charge in [0.05, 0.1) is 11.7 Å². The smallest absolute Gasteiger partial charge is 0.0556 e. The molecule has 0 radical (unpaired) electrons. The third-order valence-corrected chi connectivity index (χ3v) is 3.80. The summed E-state index contributed by atoms with van der Waals surface area (Å²) in [6.07, 6.45) is 8.63. The van der Waals surface area contributed by atoms with Gasteiger partial charge in [0, 0.05) is 12.7 Å². The molecule has 3 nitrogen and oxygen atoms in total. The van der Waals surface area contributed by atoms with Crippen molar-refractivity contribution in [2.24, 2.45) is 5.92 Å². The molecule has 1 fully saturated rings. The normalized spacial score (nSPS) is 18.7. The van der Waals surface area contributed by atoms with Crippen molar-refractivity contribution in [3.8, 4) is 0 Å². The van der Waals surface area contributed by atoms with Crippen LogP contribution in [0.15, 0.2) is 12.3 Å². The van der Waals surface area contributed by atoms with E-state index in [-0.39, 0.29) is 0 Å². The summed E-state index contributed by atoms with van der Waals surface area (Å²) in [4.78, 5) is 0. The van der Waals surface area contributed by atoms with E-state index in [2.05, 4.69) is 35.0 Å². The van der Waals surface area contributed by atoms with Crippen LogP contribution in [0, 0.1) is 5.92 Å². The molecule has 0 spiro atoms. The zero-order valence-electron chi connectivity index (χ0n) is 11.2. The lowest BCUT2D eigenvalue weighted by molar-refractivity contribution is 0.350. The van der Waals surface area contributed by atoms with Gasteiger partial charge in [0.2, 0.25) is 0 Å². The van der Waals surface area contributed by atoms with Crippen LogP contribution in [0.1, 0.15) is 57.7 Å². The average molecular weight is 235 g/mol. The number of rotatable bonds is 6. The lowest BCUT2D eigenvalue weighted by Gasteiger charge is -2.25. The monoisotopic (exact) mass is 235 g/mol. The number of aryl methyl sites for hydroxylation is 1. The predicted molar refractivity (Wildman–Crippen MR) is 70.9 cm³/mol. The molecule has 3 heteroatoms. The summed E-state index contributed by atoms with van der Waals surface area (Å²) in [6.45, 7) is 6.49. The van der Waals surface area contributed by atoms with Crippen molar-refractivity contribution in [1.29, 1.82) is 0 Å². The highest BCUT2D eigenvalue weighted by molar-refractivity contribution is 5.09. The molecule has 1 saturated carbocycles. The lowest BCUT2D eigenvalue weighted by Crippen LogP contribution is -2.29. The summed E-state index contributed by atoms with van der Waals surface area (Å²) in [5, 5.41) is 8.12. The zero-order chi connectivity index (χ0) is 12.1. The lowest BCUT2D eigenvalue weighted by atomic mass is 9.95. The highest BCUT2D eigenvalue weighted by Gasteiger charge is 2.27. The minimum atomic E-state index is 0.511. The molecule has 0 aromatic carbocycles. The Kier molecular flexibility index (Phi) is 4.60. The standard InChI is InChI=1S/C14H25N3/c1-3-11-17-13(9-10-16-17)14(15-4-2)12-7-5-6-8-12/h9-10,12,14-15H,3-8,11H2,1-2H3. The van der Waals surface area contributed by atoms with E-state index in [1.165, 1.54) is 31.4 Å². The average Bonchev–Trinajstić information content (AvgIpc) is 2.97. The summed E-state index contributed by atoms with van der Waals surface area (Å²) < 4.78 is 2.19. The van der Waals surface area contributed by atoms with Gasteiger partial charge in [-0.15, -0.1) is 0 Å². The number of aromatic nitrogens is 2. The summed E-state index contributed by atoms with van der Waals surface area (Å²) in [5.74, 6) is 0.808. The topological polar surface area (TPSA) is 29.9 Å². The summed E-state index contributed by atoms with van der Waals surface area (Å²) in [6, 6.07) is 2.71. The van der Waals surface area contributed by atoms with Crippen LogP contribution in [0.5, 0.6) is 0 Å². The molecule has 1 aromatic rings. The van der Waals surface area contributed by atoms with Gasteiger partial charge in [-0.1, -0.05) is 26.7 Å². The van der Waals surface area contributed by atoms with Crippen molar-refractivity contribution in [2.75, 3.05) is 6.54 Å². The fourth-order valence-corrected chi connectivity index (χ4v) is 3.03. The minimum absolute atomic E-state index is 0.511. The first-order valence-corrected chi connectivity index (χ1v) is 7.11. The van der Waals surface area contributed by atoms with Gasteiger partial charge >= 0.3 is 0 Å². The van der Waals surface area contributed by atoms with E-state index in [0.717, 1.165) is 25.4 Å². The SMILES string of the molecule is CCCn1nccc1C(NCC)C1CCCC1. The van der Waals surface area contributed by atoms with Gasteiger partial charge in [-0.2, -0.15) is 5.10 Å². The van der Waals surface area contributed by atoms with Crippen LogP contribution >= 0.6 is 0 Å². The quantitative estimate of drug-likeness (QED) is 0.821. The fraction of sp³-hybridized carbons (Fsp3) is 0.786. The van der Waals surface area contributed by atoms with Gasteiger partial charge in [0.1, 0.15) is 0 Å². The van der Waals surface area contributed by atoms with E-state index >= 15 is 0 Å². The molecule has 0 amide bonds. The molecule has 1 unspecified atom stereocenters. The largest absolute Gasteiger partial charge is 0.309 e. The van der Waals surface area contributed by atoms with Crippen molar-refractivity contribution >= 4 is 0 Å². The Bertz CT molecular complexity index is 326. The molecule has 0 saturated heterocycles. The van der Waals surface area contributed by atoms with Crippen LogP contribution in [-0.4, -0.2) is 16.3 Å². The van der Waals surface area contributed by atoms with Gasteiger partial charge in [-0.05, 0) is 37.8 Å². The Hall–Kier alpha value is -0.830. The first-order chi connectivity index (χ1) is 8.36. The van der Waals surface area contributed by atoms with Crippen LogP contribution in [-0.2, 0) is 6.54 Å². The van der Waals surface area contributed by atoms with Gasteiger partial charge in [-0.3, -0.25) is 4.68 Å². The van der Waals surface area contributed by atoms with Crippen molar-refractivity contribution in [3.05, 3.63) is 18.0 Å². The highest BCUT2D eigenvalue weighted by Crippen LogP contribution is 2.35. The van der Waals surface area contributed by atoms with Crippen LogP contribution in [0.2, 0.25) is 0 Å². The second-order valence-electron chi connectivity index (χ2n) is 5.06. The maximum atomic E-state index is 4.46. The molecule has 1 atom stereocenters. The molecule has 96 valence electrons. The third kappa shape index (κ3) is 2.89. The summed E-state index contributed by atoms with van der Waals surface area (Å²) >= 11 is 0. The number of hydrogen-bond donors (Lipinski definition) is 1. The van der Waals surface area contributed by atoms with Crippen molar-refractivity contribution in [1.82, 2.24) is 15.1 Å². The van der Waals surface area contributed by atoms with E-state index in [9.17, 15) is 0 Å². The number of nitrogens with zero attached hydrogens (tertiary/aromatic N) is 2. The number of hydrogen-bond acceptors (Lipinski definition) is 2. The first kappa shape index (κ1) is 12.6. The second-order valence-corrected chi connectivity index (χ2v) is 5.06. The summed E-state index contributed by atoms with van der Waals surface area (Å²) in [5.41, 5.74) is 1.39. The van der Waals surface area contributed by atoms with Gasteiger partial charge < -0.3 is 5.32 Å². The first-order valence-electron chi connectivity index (χ1n) is 7.11. The fourth-order valence-electron chi connectivity index (χ4n) is 3.03. The number of nitrogens with one attached hydrogen (secondary N) is 1. The molecule has 0 bridgehead atoms. The van der Waals surface area contributed by atoms with E-state index < -0.39 is 0 Å². The third-order valence-electron chi connectivity index (χ3n) is 3.80. The van der Waals surface area contributed by atoms with E-state index in [4.69, 9.17) is 0 Å². The van der Waals surface area contributed by atoms with Crippen LogP contribution in [0.3, 0.4) is 0 Å². The van der Waals surface area contributed by atoms with Gasteiger partial charge in [0.15, 0.2) is 0 Å². The van der Waals surface area contributed by atoms with Crippen molar-refractivity contribution in [2.45, 2.75) is 58.5 Å². The Balaban J connectivity index is 2.15. The second kappa shape index (κ2) is 6.20. The Morgan fingerprint density at radius 3 is 2.82 bits per heavy atom. The van der Waals surface area contributed by atoms with Gasteiger partial charge in [0.25, 0.3) is 0 Å². The highest BCUT2D eigenvalue weighted by atomic mass is 15.3. The Morgan fingerprint density at radius 2 is 2.18 bits per heavy atom. The predicted octanol–water partition coefficient (Wildman–Crippen LogP) is 3.13. The van der Waals surface area contributed by atoms with E-state index in [1.807, 2.05) is 6.20 Å². The summed E-state index contributed by atoms with van der Waals surface area (Å²) in [7, 11) is 0. The van der Waals surface area contributed by atoms with E-state index in [1.54, 1.807) is 0 Å². The minimum Gasteiger partial charge on any atom is -0.309 e. The Morgan fingerprint density at radius 1 is 1.41 bits per heavy atom. The molecule has 0 aliphatic heterocycles. The molecule has 1 aliphatic rings. The molecule has 1 N–H and O–H groups in total. The molecule has 2 rings (SSSR count). The van der Waals surface area contributed by atoms with Crippen molar-refractivity contribution in [3.63, 3.8) is 0 Å². The molecular formula is C14H25N3. The zero-order valence-corrected chi connectivity index (χ0v) is 11.2. The van der Waals surface area contributed by atoms with Crippen LogP contribution in [0.4, 0.5) is 0 Å². The Labute approximate surface area is 105 Å². The van der Waals surface area contributed by atoms with E-state index in [0.29, 0.717) is 6.04 Å². The van der Waals surface area contributed by atoms with Crippen LogP contribution < -0.4 is 5.32 Å². The molecule has 1 aliphatic carbocycles. The molecule has 1 aromatic heterocycles.